The summed E-state index contributed by atoms with van der Waals surface area (Å²) in [7, 11) is 0. The highest BCUT2D eigenvalue weighted by Crippen LogP contribution is 2.09. The van der Waals surface area contributed by atoms with Crippen LogP contribution in [0.1, 0.15) is 16.7 Å². The van der Waals surface area contributed by atoms with Gasteiger partial charge in [0.25, 0.3) is 0 Å². The van der Waals surface area contributed by atoms with Crippen molar-refractivity contribution in [3.8, 4) is 6.07 Å². The Balaban J connectivity index is 1.87. The molecule has 0 atom stereocenters. The number of hydrogen-bond acceptors (Lipinski definition) is 3. The molecule has 0 spiro atoms. The molecule has 0 N–H and O–H groups in total. The summed E-state index contributed by atoms with van der Waals surface area (Å²) in [5.41, 5.74) is 2.32. The molecule has 0 aromatic heterocycles. The Morgan fingerprint density at radius 1 is 1.11 bits per heavy atom. The summed E-state index contributed by atoms with van der Waals surface area (Å²) >= 11 is 5.83. The quantitative estimate of drug-likeness (QED) is 0.628. The van der Waals surface area contributed by atoms with Crippen LogP contribution in [-0.4, -0.2) is 6.21 Å². The minimum atomic E-state index is 0.333. The van der Waals surface area contributed by atoms with E-state index in [1.807, 2.05) is 24.3 Å². The lowest BCUT2D eigenvalue weighted by atomic mass is 10.2. The topological polar surface area (TPSA) is 45.4 Å². The molecule has 0 aliphatic heterocycles. The molecule has 0 aliphatic rings. The number of benzene rings is 2. The lowest BCUT2D eigenvalue weighted by molar-refractivity contribution is 0.132. The van der Waals surface area contributed by atoms with Gasteiger partial charge in [-0.25, -0.2) is 0 Å². The van der Waals surface area contributed by atoms with Crippen LogP contribution in [0.3, 0.4) is 0 Å². The third kappa shape index (κ3) is 4.13. The maximum atomic E-state index is 8.67. The van der Waals surface area contributed by atoms with Gasteiger partial charge in [0.05, 0.1) is 11.6 Å². The van der Waals surface area contributed by atoms with E-state index in [2.05, 4.69) is 17.4 Å². The summed E-state index contributed by atoms with van der Waals surface area (Å²) in [6.07, 6.45) is 2.74. The average molecular weight is 270 g/mol. The van der Waals surface area contributed by atoms with E-state index in [-0.39, 0.29) is 0 Å². The second-order valence-corrected chi connectivity index (χ2v) is 4.23. The predicted molar refractivity (Wildman–Crippen MR) is 73.9 cm³/mol. The molecular weight excluding hydrogens is 260 g/mol. The number of nitriles is 1. The fraction of sp³-hybridized carbons (Fsp3) is 0.0667. The first-order valence-electron chi connectivity index (χ1n) is 5.60. The largest absolute Gasteiger partial charge is 0.390 e. The lowest BCUT2D eigenvalue weighted by Crippen LogP contribution is -1.88. The molecule has 0 amide bonds. The van der Waals surface area contributed by atoms with Crippen molar-refractivity contribution < 1.29 is 4.84 Å². The molecule has 0 fully saturated rings. The molecule has 2 aromatic rings. The van der Waals surface area contributed by atoms with Crippen molar-refractivity contribution in [1.82, 2.24) is 0 Å². The molecule has 0 aliphatic carbocycles. The monoisotopic (exact) mass is 269 g/mol. The van der Waals surface area contributed by atoms with Crippen LogP contribution >= 0.6 is 11.6 Å². The van der Waals surface area contributed by atoms with Gasteiger partial charge in [-0.2, -0.15) is 5.26 Å². The number of hydrogen-bond donors (Lipinski definition) is 0. The summed E-state index contributed by atoms with van der Waals surface area (Å²) in [5, 5.41) is 13.0. The van der Waals surface area contributed by atoms with Crippen molar-refractivity contribution in [2.75, 3.05) is 0 Å². The normalized spacial score (nSPS) is 10.3. The van der Waals surface area contributed by atoms with E-state index in [0.29, 0.717) is 17.2 Å². The van der Waals surface area contributed by atoms with Crippen molar-refractivity contribution in [3.63, 3.8) is 0 Å². The Labute approximate surface area is 116 Å². The minimum Gasteiger partial charge on any atom is -0.390 e. The SMILES string of the molecule is N#Cc1ccc(CO/N=[C]\c2cccc(Cl)c2)cc1. The van der Waals surface area contributed by atoms with Crippen molar-refractivity contribution in [2.45, 2.75) is 6.61 Å². The van der Waals surface area contributed by atoms with Crippen molar-refractivity contribution in [1.29, 1.82) is 5.26 Å². The van der Waals surface area contributed by atoms with Gasteiger partial charge in [-0.3, -0.25) is 0 Å². The van der Waals surface area contributed by atoms with Crippen LogP contribution < -0.4 is 0 Å². The van der Waals surface area contributed by atoms with Crippen LogP contribution in [0, 0.1) is 11.3 Å². The summed E-state index contributed by atoms with van der Waals surface area (Å²) in [5.74, 6) is 0. The summed E-state index contributed by atoms with van der Waals surface area (Å²) in [6.45, 7) is 0.333. The Morgan fingerprint density at radius 3 is 2.58 bits per heavy atom. The molecule has 2 rings (SSSR count). The van der Waals surface area contributed by atoms with Gasteiger partial charge in [0.2, 0.25) is 0 Å². The lowest BCUT2D eigenvalue weighted by Gasteiger charge is -1.99. The first-order valence-corrected chi connectivity index (χ1v) is 5.98. The van der Waals surface area contributed by atoms with E-state index < -0.39 is 0 Å². The Kier molecular flexibility index (Phi) is 4.54. The van der Waals surface area contributed by atoms with E-state index >= 15 is 0 Å². The molecule has 3 nitrogen and oxygen atoms in total. The molecule has 2 aromatic carbocycles. The molecule has 0 saturated carbocycles. The van der Waals surface area contributed by atoms with Crippen molar-refractivity contribution in [3.05, 3.63) is 70.2 Å². The van der Waals surface area contributed by atoms with Crippen LogP contribution in [0.25, 0.3) is 0 Å². The van der Waals surface area contributed by atoms with Crippen molar-refractivity contribution in [2.24, 2.45) is 5.16 Å². The van der Waals surface area contributed by atoms with Crippen LogP contribution in [0.5, 0.6) is 0 Å². The average Bonchev–Trinajstić information content (AvgIpc) is 2.44. The van der Waals surface area contributed by atoms with Crippen LogP contribution in [0.15, 0.2) is 53.7 Å². The third-order valence-electron chi connectivity index (χ3n) is 2.38. The molecule has 4 heteroatoms. The predicted octanol–water partition coefficient (Wildman–Crippen LogP) is 3.64. The fourth-order valence-electron chi connectivity index (χ4n) is 1.43. The zero-order chi connectivity index (χ0) is 13.5. The maximum Gasteiger partial charge on any atom is 0.142 e. The second kappa shape index (κ2) is 6.58. The summed E-state index contributed by atoms with van der Waals surface area (Å²) < 4.78 is 0. The molecule has 0 bridgehead atoms. The maximum absolute atomic E-state index is 8.67. The summed E-state index contributed by atoms with van der Waals surface area (Å²) in [4.78, 5) is 5.12. The van der Waals surface area contributed by atoms with Gasteiger partial charge in [0, 0.05) is 10.6 Å². The third-order valence-corrected chi connectivity index (χ3v) is 2.61. The van der Waals surface area contributed by atoms with Crippen LogP contribution in [-0.2, 0) is 11.4 Å². The smallest absolute Gasteiger partial charge is 0.142 e. The zero-order valence-electron chi connectivity index (χ0n) is 10.0. The molecule has 1 radical (unpaired) electrons. The highest BCUT2D eigenvalue weighted by atomic mass is 35.5. The minimum absolute atomic E-state index is 0.333. The molecule has 0 saturated heterocycles. The first kappa shape index (κ1) is 13.1. The number of halogens is 1. The van der Waals surface area contributed by atoms with E-state index in [1.54, 1.807) is 24.3 Å². The second-order valence-electron chi connectivity index (χ2n) is 3.80. The van der Waals surface area contributed by atoms with E-state index in [4.69, 9.17) is 21.7 Å². The number of rotatable bonds is 4. The number of nitrogens with zero attached hydrogens (tertiary/aromatic N) is 2. The fourth-order valence-corrected chi connectivity index (χ4v) is 1.62. The molecule has 93 valence electrons. The van der Waals surface area contributed by atoms with Gasteiger partial charge in [-0.05, 0) is 29.8 Å². The summed E-state index contributed by atoms with van der Waals surface area (Å²) in [6, 6.07) is 16.4. The van der Waals surface area contributed by atoms with Gasteiger partial charge in [0.15, 0.2) is 0 Å². The molecule has 0 unspecified atom stereocenters. The van der Waals surface area contributed by atoms with Crippen LogP contribution in [0.2, 0.25) is 5.02 Å². The first-order chi connectivity index (χ1) is 9.28. The molecular formula is C15H10ClN2O. The molecule has 19 heavy (non-hydrogen) atoms. The zero-order valence-corrected chi connectivity index (χ0v) is 10.8. The standard InChI is InChI=1S/C15H10ClN2O/c16-15-3-1-2-14(8-15)10-18-19-11-13-6-4-12(9-17)5-7-13/h1-8H,11H2. The highest BCUT2D eigenvalue weighted by Gasteiger charge is 1.94. The Hall–Kier alpha value is -2.31. The van der Waals surface area contributed by atoms with Gasteiger partial charge in [-0.15, -0.1) is 0 Å². The van der Waals surface area contributed by atoms with E-state index in [1.165, 1.54) is 0 Å². The highest BCUT2D eigenvalue weighted by molar-refractivity contribution is 6.30. The Morgan fingerprint density at radius 2 is 1.89 bits per heavy atom. The molecule has 0 heterocycles. The Bertz CT molecular complexity index is 615. The van der Waals surface area contributed by atoms with Gasteiger partial charge in [0.1, 0.15) is 12.8 Å². The van der Waals surface area contributed by atoms with E-state index in [0.717, 1.165) is 11.1 Å². The van der Waals surface area contributed by atoms with Crippen molar-refractivity contribution >= 4 is 17.8 Å². The van der Waals surface area contributed by atoms with Gasteiger partial charge >= 0.3 is 0 Å². The van der Waals surface area contributed by atoms with Crippen LogP contribution in [0.4, 0.5) is 0 Å². The van der Waals surface area contributed by atoms with E-state index in [9.17, 15) is 0 Å². The van der Waals surface area contributed by atoms with Gasteiger partial charge in [-0.1, -0.05) is 41.0 Å². The van der Waals surface area contributed by atoms with Gasteiger partial charge < -0.3 is 4.84 Å².